The molecule has 0 radical (unpaired) electrons. The van der Waals surface area contributed by atoms with Gasteiger partial charge in [0.1, 0.15) is 19.0 Å². The van der Waals surface area contributed by atoms with Crippen LogP contribution in [0.5, 0.6) is 11.5 Å². The molecule has 156 valence electrons. The van der Waals surface area contributed by atoms with Crippen molar-refractivity contribution in [2.45, 2.75) is 32.7 Å². The van der Waals surface area contributed by atoms with Gasteiger partial charge < -0.3 is 19.8 Å². The van der Waals surface area contributed by atoms with Gasteiger partial charge in [0.25, 0.3) is 0 Å². The van der Waals surface area contributed by atoms with Gasteiger partial charge in [0, 0.05) is 18.4 Å². The molecule has 0 fully saturated rings. The maximum absolute atomic E-state index is 12.6. The number of fused-ring (bicyclic) bond motifs is 2. The van der Waals surface area contributed by atoms with Crippen molar-refractivity contribution in [2.75, 3.05) is 13.2 Å². The predicted molar refractivity (Wildman–Crippen MR) is 113 cm³/mol. The van der Waals surface area contributed by atoms with Crippen LogP contribution in [0.2, 0.25) is 0 Å². The van der Waals surface area contributed by atoms with E-state index in [0.717, 1.165) is 16.9 Å². The van der Waals surface area contributed by atoms with Crippen molar-refractivity contribution in [3.8, 4) is 11.5 Å². The summed E-state index contributed by atoms with van der Waals surface area (Å²) in [7, 11) is 0. The number of amides is 1. The fraction of sp³-hybridized carbons (Fsp3) is 0.348. The maximum Gasteiger partial charge on any atom is 0.221 e. The van der Waals surface area contributed by atoms with Crippen molar-refractivity contribution in [1.82, 2.24) is 15.3 Å². The van der Waals surface area contributed by atoms with E-state index >= 15 is 0 Å². The third-order valence-electron chi connectivity index (χ3n) is 5.13. The Labute approximate surface area is 174 Å². The number of nitrogens with one attached hydrogen (secondary N) is 2. The zero-order chi connectivity index (χ0) is 21.1. The number of para-hydroxylation sites is 2. The molecular formula is C23H25N3O4. The third kappa shape index (κ3) is 4.30. The van der Waals surface area contributed by atoms with E-state index in [1.165, 1.54) is 0 Å². The van der Waals surface area contributed by atoms with Crippen LogP contribution < -0.4 is 14.8 Å². The van der Waals surface area contributed by atoms with Crippen molar-refractivity contribution in [2.24, 2.45) is 5.92 Å². The normalized spacial score (nSPS) is 14.0. The Bertz CT molecular complexity index is 1040. The van der Waals surface area contributed by atoms with E-state index in [2.05, 4.69) is 15.3 Å². The molecule has 0 spiro atoms. The van der Waals surface area contributed by atoms with Crippen molar-refractivity contribution in [3.63, 3.8) is 0 Å². The summed E-state index contributed by atoms with van der Waals surface area (Å²) in [6.07, 6.45) is 0.229. The average molecular weight is 407 g/mol. The number of Topliss-reactive ketones (excluding diaryl/α,β-unsaturated/α-hetero) is 1. The van der Waals surface area contributed by atoms with Gasteiger partial charge in [-0.3, -0.25) is 9.59 Å². The summed E-state index contributed by atoms with van der Waals surface area (Å²) < 4.78 is 11.0. The standard InChI is InChI=1S/C23H25N3O4/c1-14(2)22(23-24-16-5-3-4-6-17(16)25-23)26-21(28)10-8-18(27)15-7-9-19-20(13-15)30-12-11-29-19/h3-7,9,13-14,22H,8,10-12H2,1-2H3,(H,24,25)(H,26,28). The monoisotopic (exact) mass is 407 g/mol. The molecule has 1 aliphatic rings. The van der Waals surface area contributed by atoms with Crippen LogP contribution in [0.1, 0.15) is 48.9 Å². The number of carbonyl (C=O) groups is 2. The molecule has 7 nitrogen and oxygen atoms in total. The largest absolute Gasteiger partial charge is 0.486 e. The van der Waals surface area contributed by atoms with Crippen LogP contribution in [0.25, 0.3) is 11.0 Å². The predicted octanol–water partition coefficient (Wildman–Crippen LogP) is 3.81. The highest BCUT2D eigenvalue weighted by atomic mass is 16.6. The molecule has 1 atom stereocenters. The summed E-state index contributed by atoms with van der Waals surface area (Å²) in [6, 6.07) is 12.6. The smallest absolute Gasteiger partial charge is 0.221 e. The summed E-state index contributed by atoms with van der Waals surface area (Å²) >= 11 is 0. The number of hydrogen-bond acceptors (Lipinski definition) is 5. The minimum Gasteiger partial charge on any atom is -0.486 e. The van der Waals surface area contributed by atoms with Crippen LogP contribution >= 0.6 is 0 Å². The summed E-state index contributed by atoms with van der Waals surface area (Å²) in [4.78, 5) is 33.0. The molecule has 1 aromatic heterocycles. The SMILES string of the molecule is CC(C)C(NC(=O)CCC(=O)c1ccc2c(c1)OCCO2)c1nc2ccccc2[nH]1. The molecule has 1 aliphatic heterocycles. The Morgan fingerprint density at radius 1 is 1.07 bits per heavy atom. The van der Waals surface area contributed by atoms with Crippen LogP contribution in [0.4, 0.5) is 0 Å². The van der Waals surface area contributed by atoms with Crippen molar-refractivity contribution < 1.29 is 19.1 Å². The van der Waals surface area contributed by atoms with E-state index in [-0.39, 0.29) is 36.5 Å². The first-order valence-corrected chi connectivity index (χ1v) is 10.2. The van der Waals surface area contributed by atoms with E-state index in [0.29, 0.717) is 30.3 Å². The van der Waals surface area contributed by atoms with E-state index in [1.54, 1.807) is 18.2 Å². The van der Waals surface area contributed by atoms with Crippen LogP contribution in [0.3, 0.4) is 0 Å². The van der Waals surface area contributed by atoms with Gasteiger partial charge in [0.2, 0.25) is 5.91 Å². The number of ether oxygens (including phenoxy) is 2. The fourth-order valence-electron chi connectivity index (χ4n) is 3.50. The molecule has 2 heterocycles. The molecule has 30 heavy (non-hydrogen) atoms. The molecule has 1 unspecified atom stereocenters. The van der Waals surface area contributed by atoms with Gasteiger partial charge in [-0.15, -0.1) is 0 Å². The van der Waals surface area contributed by atoms with E-state index in [4.69, 9.17) is 9.47 Å². The Morgan fingerprint density at radius 2 is 1.83 bits per heavy atom. The lowest BCUT2D eigenvalue weighted by Crippen LogP contribution is -2.32. The Kier molecular flexibility index (Phi) is 5.70. The molecule has 7 heteroatoms. The van der Waals surface area contributed by atoms with Crippen molar-refractivity contribution in [1.29, 1.82) is 0 Å². The molecule has 0 saturated heterocycles. The molecule has 2 aromatic carbocycles. The summed E-state index contributed by atoms with van der Waals surface area (Å²) in [5, 5.41) is 3.02. The number of hydrogen-bond donors (Lipinski definition) is 2. The number of H-pyrrole nitrogens is 1. The number of carbonyl (C=O) groups excluding carboxylic acids is 2. The summed E-state index contributed by atoms with van der Waals surface area (Å²) in [6.45, 7) is 5.02. The third-order valence-corrected chi connectivity index (χ3v) is 5.13. The van der Waals surface area contributed by atoms with Crippen LogP contribution in [-0.4, -0.2) is 34.9 Å². The van der Waals surface area contributed by atoms with Gasteiger partial charge in [-0.2, -0.15) is 0 Å². The van der Waals surface area contributed by atoms with Gasteiger partial charge in [-0.05, 0) is 36.2 Å². The Hall–Kier alpha value is -3.35. The van der Waals surface area contributed by atoms with Gasteiger partial charge in [-0.25, -0.2) is 4.98 Å². The van der Waals surface area contributed by atoms with Crippen molar-refractivity contribution >= 4 is 22.7 Å². The average Bonchev–Trinajstić information content (AvgIpc) is 3.19. The first-order valence-electron chi connectivity index (χ1n) is 10.2. The topological polar surface area (TPSA) is 93.3 Å². The highest BCUT2D eigenvalue weighted by Crippen LogP contribution is 2.31. The lowest BCUT2D eigenvalue weighted by molar-refractivity contribution is -0.122. The van der Waals surface area contributed by atoms with Gasteiger partial charge in [0.15, 0.2) is 17.3 Å². The second kappa shape index (κ2) is 8.57. The van der Waals surface area contributed by atoms with Gasteiger partial charge in [-0.1, -0.05) is 26.0 Å². The highest BCUT2D eigenvalue weighted by molar-refractivity contribution is 5.98. The quantitative estimate of drug-likeness (QED) is 0.581. The number of nitrogens with zero attached hydrogens (tertiary/aromatic N) is 1. The number of ketones is 1. The second-order valence-corrected chi connectivity index (χ2v) is 7.71. The molecule has 4 rings (SSSR count). The molecule has 1 amide bonds. The van der Waals surface area contributed by atoms with Crippen molar-refractivity contribution in [3.05, 3.63) is 53.9 Å². The number of rotatable bonds is 7. The number of imidazole rings is 1. The lowest BCUT2D eigenvalue weighted by Gasteiger charge is -2.20. The molecule has 3 aromatic rings. The maximum atomic E-state index is 12.6. The minimum atomic E-state index is -0.255. The van der Waals surface area contributed by atoms with E-state index in [9.17, 15) is 9.59 Å². The molecular weight excluding hydrogens is 382 g/mol. The molecule has 0 saturated carbocycles. The molecule has 0 aliphatic carbocycles. The van der Waals surface area contributed by atoms with Crippen LogP contribution in [-0.2, 0) is 4.79 Å². The van der Waals surface area contributed by atoms with E-state index < -0.39 is 0 Å². The minimum absolute atomic E-state index is 0.105. The number of aromatic amines is 1. The molecule has 0 bridgehead atoms. The van der Waals surface area contributed by atoms with E-state index in [1.807, 2.05) is 38.1 Å². The summed E-state index contributed by atoms with van der Waals surface area (Å²) in [5.41, 5.74) is 2.31. The number of benzene rings is 2. The summed E-state index contributed by atoms with van der Waals surface area (Å²) in [5.74, 6) is 1.79. The second-order valence-electron chi connectivity index (χ2n) is 7.71. The van der Waals surface area contributed by atoms with Gasteiger partial charge >= 0.3 is 0 Å². The first kappa shape index (κ1) is 19.9. The zero-order valence-corrected chi connectivity index (χ0v) is 17.1. The molecule has 2 N–H and O–H groups in total. The Morgan fingerprint density at radius 3 is 2.60 bits per heavy atom. The first-order chi connectivity index (χ1) is 14.5. The highest BCUT2D eigenvalue weighted by Gasteiger charge is 2.22. The Balaban J connectivity index is 1.38. The lowest BCUT2D eigenvalue weighted by atomic mass is 10.0. The zero-order valence-electron chi connectivity index (χ0n) is 17.1. The van der Waals surface area contributed by atoms with Gasteiger partial charge in [0.05, 0.1) is 17.1 Å². The van der Waals surface area contributed by atoms with Crippen LogP contribution in [0, 0.1) is 5.92 Å². The van der Waals surface area contributed by atoms with Crippen LogP contribution in [0.15, 0.2) is 42.5 Å². The number of aromatic nitrogens is 2. The fourth-order valence-corrected chi connectivity index (χ4v) is 3.50.